The third-order valence-electron chi connectivity index (χ3n) is 7.90. The first-order chi connectivity index (χ1) is 18.4. The molecule has 3 aromatic rings. The number of rotatable bonds is 7. The van der Waals surface area contributed by atoms with E-state index >= 15 is 0 Å². The number of carbonyl (C=O) groups excluding carboxylic acids is 1. The summed E-state index contributed by atoms with van der Waals surface area (Å²) in [6.07, 6.45) is 7.06. The van der Waals surface area contributed by atoms with Crippen molar-refractivity contribution in [1.29, 1.82) is 0 Å². The Morgan fingerprint density at radius 1 is 1.00 bits per heavy atom. The number of nitrogens with one attached hydrogen (secondary N) is 1. The molecule has 5 rings (SSSR count). The van der Waals surface area contributed by atoms with E-state index in [4.69, 9.17) is 9.47 Å². The molecule has 0 bridgehead atoms. The Morgan fingerprint density at radius 2 is 1.71 bits per heavy atom. The van der Waals surface area contributed by atoms with Crippen LogP contribution < -0.4 is 14.8 Å². The van der Waals surface area contributed by atoms with Crippen LogP contribution in [0.4, 0.5) is 8.78 Å². The largest absolute Gasteiger partial charge is 0.481 e. The van der Waals surface area contributed by atoms with Crippen LogP contribution in [-0.2, 0) is 4.79 Å². The van der Waals surface area contributed by atoms with E-state index in [1.807, 2.05) is 0 Å². The van der Waals surface area contributed by atoms with Gasteiger partial charge in [-0.25, -0.2) is 13.8 Å². The maximum atomic E-state index is 14.6. The summed E-state index contributed by atoms with van der Waals surface area (Å²) < 4.78 is 41.4. The van der Waals surface area contributed by atoms with E-state index in [2.05, 4.69) is 15.3 Å². The minimum absolute atomic E-state index is 0.0144. The molecule has 10 heteroatoms. The van der Waals surface area contributed by atoms with Crippen molar-refractivity contribution < 1.29 is 28.2 Å². The number of nitrogens with zero attached hydrogens (tertiary/aromatic N) is 3. The fraction of sp³-hybridized carbons (Fsp3) is 0.536. The molecule has 0 spiro atoms. The van der Waals surface area contributed by atoms with Gasteiger partial charge in [0.2, 0.25) is 17.7 Å². The lowest BCUT2D eigenvalue weighted by Gasteiger charge is -2.34. The van der Waals surface area contributed by atoms with Gasteiger partial charge in [0, 0.05) is 24.2 Å². The Bertz CT molecular complexity index is 1300. The molecule has 8 nitrogen and oxygen atoms in total. The van der Waals surface area contributed by atoms with Gasteiger partial charge in [0.25, 0.3) is 0 Å². The summed E-state index contributed by atoms with van der Waals surface area (Å²) in [7, 11) is 2.97. The molecule has 2 N–H and O–H groups in total. The van der Waals surface area contributed by atoms with Gasteiger partial charge in [0.1, 0.15) is 11.9 Å². The zero-order valence-corrected chi connectivity index (χ0v) is 21.8. The number of benzene rings is 1. The van der Waals surface area contributed by atoms with Gasteiger partial charge in [-0.2, -0.15) is 4.98 Å². The van der Waals surface area contributed by atoms with E-state index in [0.717, 1.165) is 44.2 Å². The van der Waals surface area contributed by atoms with Gasteiger partial charge in [-0.1, -0.05) is 19.3 Å². The van der Waals surface area contributed by atoms with E-state index in [9.17, 15) is 18.7 Å². The van der Waals surface area contributed by atoms with Crippen LogP contribution in [0.3, 0.4) is 0 Å². The highest BCUT2D eigenvalue weighted by atomic mass is 19.2. The van der Waals surface area contributed by atoms with Crippen LogP contribution in [0, 0.1) is 17.6 Å². The molecule has 1 aromatic carbocycles. The molecule has 0 aliphatic heterocycles. The highest BCUT2D eigenvalue weighted by molar-refractivity contribution is 5.88. The number of ether oxygens (including phenoxy) is 2. The minimum atomic E-state index is -1.01. The second-order valence-corrected chi connectivity index (χ2v) is 10.3. The van der Waals surface area contributed by atoms with E-state index in [1.54, 1.807) is 16.7 Å². The average molecular weight is 529 g/mol. The number of amides is 1. The first-order valence-corrected chi connectivity index (χ1v) is 13.3. The zero-order valence-electron chi connectivity index (χ0n) is 21.8. The van der Waals surface area contributed by atoms with Crippen molar-refractivity contribution in [1.82, 2.24) is 19.9 Å². The van der Waals surface area contributed by atoms with E-state index in [1.165, 1.54) is 14.2 Å². The maximum Gasteiger partial charge on any atom is 0.243 e. The standard InChI is InChI=1S/C28H34F2N4O4/c1-37-24-13-12-19(28(33-24)38-2)26-32-22-14-20(29)21(30)15-23(22)34(26)25(16-6-4-3-5-7-16)27(36)31-17-8-10-18(35)11-9-17/h12-18,25,35H,3-11H2,1-2H3,(H,31,36)/t17?,18?,25-/m0/s1. The summed E-state index contributed by atoms with van der Waals surface area (Å²) >= 11 is 0. The number of methoxy groups -OCH3 is 2. The van der Waals surface area contributed by atoms with Crippen LogP contribution >= 0.6 is 0 Å². The SMILES string of the molecule is COc1ccc(-c2nc3cc(F)c(F)cc3n2[C@H](C(=O)NC2CCC(O)CC2)C2CCCCC2)c(OC)n1. The number of pyridine rings is 1. The molecule has 204 valence electrons. The molecule has 2 saturated carbocycles. The summed E-state index contributed by atoms with van der Waals surface area (Å²) in [6.45, 7) is 0. The molecule has 1 atom stereocenters. The molecule has 2 aliphatic carbocycles. The van der Waals surface area contributed by atoms with Crippen molar-refractivity contribution >= 4 is 16.9 Å². The Labute approximate surface area is 220 Å². The fourth-order valence-electron chi connectivity index (χ4n) is 5.92. The molecule has 2 aliphatic rings. The third kappa shape index (κ3) is 5.18. The first kappa shape index (κ1) is 26.3. The van der Waals surface area contributed by atoms with Gasteiger partial charge >= 0.3 is 0 Å². The van der Waals surface area contributed by atoms with Crippen molar-refractivity contribution in [3.05, 3.63) is 35.9 Å². The van der Waals surface area contributed by atoms with E-state index in [-0.39, 0.29) is 35.4 Å². The number of hydrogen-bond acceptors (Lipinski definition) is 6. The highest BCUT2D eigenvalue weighted by Gasteiger charge is 2.36. The average Bonchev–Trinajstić information content (AvgIpc) is 3.27. The number of aromatic nitrogens is 3. The predicted octanol–water partition coefficient (Wildman–Crippen LogP) is 4.93. The fourth-order valence-corrected chi connectivity index (χ4v) is 5.92. The van der Waals surface area contributed by atoms with Gasteiger partial charge in [-0.15, -0.1) is 0 Å². The number of halogens is 2. The zero-order chi connectivity index (χ0) is 26.8. The number of imidazole rings is 1. The quantitative estimate of drug-likeness (QED) is 0.451. The normalized spacial score (nSPS) is 21.3. The Balaban J connectivity index is 1.67. The van der Waals surface area contributed by atoms with Gasteiger partial charge in [0.15, 0.2) is 11.6 Å². The minimum Gasteiger partial charge on any atom is -0.481 e. The summed E-state index contributed by atoms with van der Waals surface area (Å²) in [6, 6.07) is 4.82. The van der Waals surface area contributed by atoms with Crippen LogP contribution in [0.1, 0.15) is 63.8 Å². The van der Waals surface area contributed by atoms with Crippen molar-refractivity contribution in [3.63, 3.8) is 0 Å². The molecule has 2 aromatic heterocycles. The highest BCUT2D eigenvalue weighted by Crippen LogP contribution is 2.41. The summed E-state index contributed by atoms with van der Waals surface area (Å²) in [5, 5.41) is 13.1. The lowest BCUT2D eigenvalue weighted by molar-refractivity contribution is -0.127. The van der Waals surface area contributed by atoms with Gasteiger partial charge in [-0.05, 0) is 50.5 Å². The van der Waals surface area contributed by atoms with Crippen LogP contribution in [0.15, 0.2) is 24.3 Å². The number of aliphatic hydroxyl groups excluding tert-OH is 1. The second kappa shape index (κ2) is 11.2. The number of carbonyl (C=O) groups is 1. The van der Waals surface area contributed by atoms with Crippen LogP contribution in [0.2, 0.25) is 0 Å². The number of fused-ring (bicyclic) bond motifs is 1. The molecule has 1 amide bonds. The summed E-state index contributed by atoms with van der Waals surface area (Å²) in [5.41, 5.74) is 1.06. The lowest BCUT2D eigenvalue weighted by Crippen LogP contribution is -2.44. The number of aliphatic hydroxyl groups is 1. The molecule has 2 heterocycles. The van der Waals surface area contributed by atoms with E-state index < -0.39 is 17.7 Å². The smallest absolute Gasteiger partial charge is 0.243 e. The molecule has 2 fully saturated rings. The molecule has 0 unspecified atom stereocenters. The van der Waals surface area contributed by atoms with Crippen molar-refractivity contribution in [2.75, 3.05) is 14.2 Å². The summed E-state index contributed by atoms with van der Waals surface area (Å²) in [5.74, 6) is -1.29. The van der Waals surface area contributed by atoms with Crippen LogP contribution in [-0.4, -0.2) is 51.9 Å². The molecular formula is C28H34F2N4O4. The Kier molecular flexibility index (Phi) is 7.78. The van der Waals surface area contributed by atoms with E-state index in [0.29, 0.717) is 48.5 Å². The predicted molar refractivity (Wildman–Crippen MR) is 138 cm³/mol. The van der Waals surface area contributed by atoms with Crippen molar-refractivity contribution in [2.24, 2.45) is 5.92 Å². The molecule has 0 saturated heterocycles. The Hall–Kier alpha value is -3.27. The first-order valence-electron chi connectivity index (χ1n) is 13.3. The lowest BCUT2D eigenvalue weighted by atomic mass is 9.82. The molecule has 38 heavy (non-hydrogen) atoms. The van der Waals surface area contributed by atoms with Crippen molar-refractivity contribution in [3.8, 4) is 23.1 Å². The second-order valence-electron chi connectivity index (χ2n) is 10.3. The monoisotopic (exact) mass is 528 g/mol. The third-order valence-corrected chi connectivity index (χ3v) is 7.90. The summed E-state index contributed by atoms with van der Waals surface area (Å²) in [4.78, 5) is 23.1. The van der Waals surface area contributed by atoms with Crippen LogP contribution in [0.25, 0.3) is 22.4 Å². The van der Waals surface area contributed by atoms with Crippen LogP contribution in [0.5, 0.6) is 11.8 Å². The Morgan fingerprint density at radius 3 is 2.39 bits per heavy atom. The van der Waals surface area contributed by atoms with Gasteiger partial charge < -0.3 is 24.5 Å². The topological polar surface area (TPSA) is 98.5 Å². The number of hydrogen-bond donors (Lipinski definition) is 2. The molecule has 0 radical (unpaired) electrons. The maximum absolute atomic E-state index is 14.6. The van der Waals surface area contributed by atoms with Crippen molar-refractivity contribution in [2.45, 2.75) is 76.0 Å². The van der Waals surface area contributed by atoms with Gasteiger partial charge in [-0.3, -0.25) is 4.79 Å². The molecular weight excluding hydrogens is 494 g/mol. The van der Waals surface area contributed by atoms with Gasteiger partial charge in [0.05, 0.1) is 36.9 Å².